The van der Waals surface area contributed by atoms with E-state index in [1.165, 1.54) is 7.11 Å². The van der Waals surface area contributed by atoms with Gasteiger partial charge in [-0.1, -0.05) is 24.3 Å². The molecule has 1 unspecified atom stereocenters. The van der Waals surface area contributed by atoms with E-state index in [-0.39, 0.29) is 5.91 Å². The van der Waals surface area contributed by atoms with Gasteiger partial charge in [-0.3, -0.25) is 4.79 Å². The van der Waals surface area contributed by atoms with E-state index < -0.39 is 17.4 Å². The van der Waals surface area contributed by atoms with Crippen LogP contribution in [0.15, 0.2) is 36.9 Å². The Morgan fingerprint density at radius 3 is 2.59 bits per heavy atom. The van der Waals surface area contributed by atoms with Crippen molar-refractivity contribution in [3.63, 3.8) is 0 Å². The highest BCUT2D eigenvalue weighted by molar-refractivity contribution is 5.91. The zero-order valence-electron chi connectivity index (χ0n) is 13.3. The van der Waals surface area contributed by atoms with E-state index in [2.05, 4.69) is 11.9 Å². The second kappa shape index (κ2) is 7.64. The molecule has 2 N–H and O–H groups in total. The SMILES string of the molecule is C=CCCC(NC(=O)C(C)(C)c1ccccc1OC)C(=O)O. The Bertz CT molecular complexity index is 551. The van der Waals surface area contributed by atoms with Gasteiger partial charge >= 0.3 is 5.97 Å². The van der Waals surface area contributed by atoms with E-state index in [9.17, 15) is 14.7 Å². The smallest absolute Gasteiger partial charge is 0.326 e. The Hall–Kier alpha value is -2.30. The molecule has 1 rings (SSSR count). The van der Waals surface area contributed by atoms with Crippen molar-refractivity contribution in [1.29, 1.82) is 0 Å². The molecule has 0 heterocycles. The van der Waals surface area contributed by atoms with Gasteiger partial charge in [-0.25, -0.2) is 4.79 Å². The van der Waals surface area contributed by atoms with Crippen molar-refractivity contribution in [2.75, 3.05) is 7.11 Å². The molecule has 1 atom stereocenters. The van der Waals surface area contributed by atoms with Crippen LogP contribution in [0.4, 0.5) is 0 Å². The minimum absolute atomic E-state index is 0.312. The molecule has 120 valence electrons. The van der Waals surface area contributed by atoms with Crippen LogP contribution in [-0.4, -0.2) is 30.1 Å². The predicted molar refractivity (Wildman–Crippen MR) is 85.0 cm³/mol. The van der Waals surface area contributed by atoms with Gasteiger partial charge in [-0.15, -0.1) is 6.58 Å². The van der Waals surface area contributed by atoms with Crippen LogP contribution >= 0.6 is 0 Å². The lowest BCUT2D eigenvalue weighted by atomic mass is 9.82. The number of ether oxygens (including phenoxy) is 1. The maximum Gasteiger partial charge on any atom is 0.326 e. The zero-order valence-corrected chi connectivity index (χ0v) is 13.3. The van der Waals surface area contributed by atoms with Gasteiger partial charge < -0.3 is 15.2 Å². The Morgan fingerprint density at radius 2 is 2.05 bits per heavy atom. The number of nitrogens with one attached hydrogen (secondary N) is 1. The Kier molecular flexibility index (Phi) is 6.16. The van der Waals surface area contributed by atoms with Crippen LogP contribution in [0.2, 0.25) is 0 Å². The van der Waals surface area contributed by atoms with Gasteiger partial charge in [0.05, 0.1) is 12.5 Å². The first-order chi connectivity index (χ1) is 10.3. The third kappa shape index (κ3) is 4.10. The van der Waals surface area contributed by atoms with E-state index in [1.54, 1.807) is 32.1 Å². The number of hydrogen-bond donors (Lipinski definition) is 2. The highest BCUT2D eigenvalue weighted by atomic mass is 16.5. The molecule has 0 aliphatic carbocycles. The largest absolute Gasteiger partial charge is 0.496 e. The normalized spacial score (nSPS) is 12.3. The first-order valence-electron chi connectivity index (χ1n) is 7.12. The van der Waals surface area contributed by atoms with Crippen LogP contribution in [-0.2, 0) is 15.0 Å². The van der Waals surface area contributed by atoms with Crippen molar-refractivity contribution < 1.29 is 19.4 Å². The van der Waals surface area contributed by atoms with Crippen molar-refractivity contribution in [3.05, 3.63) is 42.5 Å². The number of carbonyl (C=O) groups excluding carboxylic acids is 1. The minimum Gasteiger partial charge on any atom is -0.496 e. The number of methoxy groups -OCH3 is 1. The van der Waals surface area contributed by atoms with E-state index in [4.69, 9.17) is 4.74 Å². The molecular formula is C17H23NO4. The van der Waals surface area contributed by atoms with Gasteiger partial charge in [0, 0.05) is 5.56 Å². The quantitative estimate of drug-likeness (QED) is 0.724. The number of carbonyl (C=O) groups is 2. The number of aliphatic carboxylic acids is 1. The van der Waals surface area contributed by atoms with Crippen molar-refractivity contribution in [3.8, 4) is 5.75 Å². The first kappa shape index (κ1) is 17.8. The van der Waals surface area contributed by atoms with Gasteiger partial charge in [-0.05, 0) is 32.8 Å². The summed E-state index contributed by atoms with van der Waals surface area (Å²) in [6.07, 6.45) is 2.46. The number of amides is 1. The molecule has 0 radical (unpaired) electrons. The molecule has 0 saturated heterocycles. The lowest BCUT2D eigenvalue weighted by Crippen LogP contribution is -2.48. The van der Waals surface area contributed by atoms with Gasteiger partial charge in [0.15, 0.2) is 0 Å². The van der Waals surface area contributed by atoms with Crippen molar-refractivity contribution in [2.24, 2.45) is 0 Å². The van der Waals surface area contributed by atoms with Crippen LogP contribution in [0, 0.1) is 0 Å². The maximum atomic E-state index is 12.6. The number of allylic oxidation sites excluding steroid dienone is 1. The molecule has 22 heavy (non-hydrogen) atoms. The van der Waals surface area contributed by atoms with E-state index >= 15 is 0 Å². The number of hydrogen-bond acceptors (Lipinski definition) is 3. The van der Waals surface area contributed by atoms with Gasteiger partial charge in [-0.2, -0.15) is 0 Å². The fourth-order valence-corrected chi connectivity index (χ4v) is 2.16. The fraction of sp³-hybridized carbons (Fsp3) is 0.412. The second-order valence-electron chi connectivity index (χ2n) is 5.56. The van der Waals surface area contributed by atoms with E-state index in [0.717, 1.165) is 0 Å². The highest BCUT2D eigenvalue weighted by Gasteiger charge is 2.34. The van der Waals surface area contributed by atoms with Crippen molar-refractivity contribution in [1.82, 2.24) is 5.32 Å². The van der Waals surface area contributed by atoms with E-state index in [1.807, 2.05) is 12.1 Å². The summed E-state index contributed by atoms with van der Waals surface area (Å²) >= 11 is 0. The second-order valence-corrected chi connectivity index (χ2v) is 5.56. The number of para-hydroxylation sites is 1. The predicted octanol–water partition coefficient (Wildman–Crippen LogP) is 2.51. The zero-order chi connectivity index (χ0) is 16.8. The summed E-state index contributed by atoms with van der Waals surface area (Å²) in [6.45, 7) is 7.05. The lowest BCUT2D eigenvalue weighted by molar-refractivity contribution is -0.142. The number of carboxylic acid groups (broad SMARTS) is 1. The number of rotatable bonds is 8. The first-order valence-corrected chi connectivity index (χ1v) is 7.12. The summed E-state index contributed by atoms with van der Waals surface area (Å²) in [5.74, 6) is -0.805. The molecule has 0 aliphatic heterocycles. The molecule has 1 aromatic carbocycles. The molecule has 5 nitrogen and oxygen atoms in total. The molecule has 0 spiro atoms. The molecule has 0 bridgehead atoms. The van der Waals surface area contributed by atoms with Crippen molar-refractivity contribution >= 4 is 11.9 Å². The molecule has 1 aromatic rings. The standard InChI is InChI=1S/C17H23NO4/c1-5-6-10-13(15(19)20)18-16(21)17(2,3)12-9-7-8-11-14(12)22-4/h5,7-9,11,13H,1,6,10H2,2-4H3,(H,18,21)(H,19,20). The third-order valence-electron chi connectivity index (χ3n) is 3.61. The van der Waals surface area contributed by atoms with Crippen molar-refractivity contribution in [2.45, 2.75) is 38.1 Å². The molecule has 0 aromatic heterocycles. The fourth-order valence-electron chi connectivity index (χ4n) is 2.16. The van der Waals surface area contributed by atoms with Gasteiger partial charge in [0.25, 0.3) is 0 Å². The Balaban J connectivity index is 2.98. The monoisotopic (exact) mass is 305 g/mol. The van der Waals surface area contributed by atoms with Crippen LogP contribution in [0.5, 0.6) is 5.75 Å². The van der Waals surface area contributed by atoms with Gasteiger partial charge in [0.2, 0.25) is 5.91 Å². The van der Waals surface area contributed by atoms with Crippen LogP contribution in [0.3, 0.4) is 0 Å². The molecular weight excluding hydrogens is 282 g/mol. The topological polar surface area (TPSA) is 75.6 Å². The molecule has 0 fully saturated rings. The molecule has 5 heteroatoms. The highest BCUT2D eigenvalue weighted by Crippen LogP contribution is 2.31. The van der Waals surface area contributed by atoms with Crippen LogP contribution in [0.1, 0.15) is 32.3 Å². The molecule has 0 saturated carbocycles. The van der Waals surface area contributed by atoms with Crippen LogP contribution < -0.4 is 10.1 Å². The summed E-state index contributed by atoms with van der Waals surface area (Å²) < 4.78 is 5.29. The lowest BCUT2D eigenvalue weighted by Gasteiger charge is -2.27. The molecule has 0 aliphatic rings. The van der Waals surface area contributed by atoms with Gasteiger partial charge in [0.1, 0.15) is 11.8 Å². The number of carboxylic acids is 1. The third-order valence-corrected chi connectivity index (χ3v) is 3.61. The Labute approximate surface area is 131 Å². The summed E-state index contributed by atoms with van der Waals surface area (Å²) in [4.78, 5) is 23.8. The average molecular weight is 305 g/mol. The maximum absolute atomic E-state index is 12.6. The Morgan fingerprint density at radius 1 is 1.41 bits per heavy atom. The molecule has 1 amide bonds. The summed E-state index contributed by atoms with van der Waals surface area (Å²) in [5, 5.41) is 11.8. The van der Waals surface area contributed by atoms with E-state index in [0.29, 0.717) is 24.2 Å². The van der Waals surface area contributed by atoms with Crippen LogP contribution in [0.25, 0.3) is 0 Å². The minimum atomic E-state index is -1.05. The summed E-state index contributed by atoms with van der Waals surface area (Å²) in [6, 6.07) is 6.29. The average Bonchev–Trinajstić information content (AvgIpc) is 2.50. The summed E-state index contributed by atoms with van der Waals surface area (Å²) in [5.41, 5.74) is -0.197. The summed E-state index contributed by atoms with van der Waals surface area (Å²) in [7, 11) is 1.54. The number of benzene rings is 1.